The minimum absolute atomic E-state index is 0.0679. The van der Waals surface area contributed by atoms with E-state index in [1.54, 1.807) is 19.2 Å². The van der Waals surface area contributed by atoms with Crippen LogP contribution in [-0.4, -0.2) is 35.8 Å². The van der Waals surface area contributed by atoms with Crippen molar-refractivity contribution < 1.29 is 23.5 Å². The van der Waals surface area contributed by atoms with E-state index in [9.17, 15) is 14.0 Å². The van der Waals surface area contributed by atoms with Crippen molar-refractivity contribution in [3.05, 3.63) is 60.2 Å². The highest BCUT2D eigenvalue weighted by Crippen LogP contribution is 2.53. The molecule has 0 spiro atoms. The molecule has 0 radical (unpaired) electrons. The minimum atomic E-state index is -0.368. The van der Waals surface area contributed by atoms with E-state index in [-0.39, 0.29) is 47.8 Å². The molecule has 1 amide bonds. The van der Waals surface area contributed by atoms with E-state index in [4.69, 9.17) is 9.47 Å². The van der Waals surface area contributed by atoms with E-state index in [0.717, 1.165) is 42.5 Å². The second-order valence-electron chi connectivity index (χ2n) is 10.3. The van der Waals surface area contributed by atoms with E-state index in [0.29, 0.717) is 18.4 Å². The van der Waals surface area contributed by atoms with Crippen molar-refractivity contribution in [2.24, 2.45) is 29.6 Å². The van der Waals surface area contributed by atoms with Gasteiger partial charge in [0.2, 0.25) is 0 Å². The Labute approximate surface area is 211 Å². The number of esters is 1. The third kappa shape index (κ3) is 5.01. The summed E-state index contributed by atoms with van der Waals surface area (Å²) in [6.45, 7) is 4.15. The lowest BCUT2D eigenvalue weighted by molar-refractivity contribution is -0.144. The number of nitrogens with one attached hydrogen (secondary N) is 1. The zero-order chi connectivity index (χ0) is 25.2. The number of amides is 1. The monoisotopic (exact) mass is 492 g/mol. The molecule has 3 aliphatic rings. The van der Waals surface area contributed by atoms with Crippen LogP contribution in [-0.2, 0) is 14.3 Å². The van der Waals surface area contributed by atoms with Crippen molar-refractivity contribution >= 4 is 18.1 Å². The van der Waals surface area contributed by atoms with Gasteiger partial charge < -0.3 is 14.8 Å². The molecule has 190 valence electrons. The third-order valence-electron chi connectivity index (χ3n) is 8.18. The number of carbonyl (C=O) groups excluding carboxylic acids is 2. The summed E-state index contributed by atoms with van der Waals surface area (Å²) in [5.41, 5.74) is 2.48. The van der Waals surface area contributed by atoms with Crippen molar-refractivity contribution in [2.75, 3.05) is 6.61 Å². The van der Waals surface area contributed by atoms with E-state index in [1.807, 2.05) is 31.2 Å². The van der Waals surface area contributed by atoms with E-state index in [2.05, 4.69) is 16.4 Å². The molecule has 3 fully saturated rings. The van der Waals surface area contributed by atoms with Crippen molar-refractivity contribution in [2.45, 2.75) is 51.7 Å². The quantitative estimate of drug-likeness (QED) is 0.548. The zero-order valence-electron chi connectivity index (χ0n) is 20.7. The summed E-state index contributed by atoms with van der Waals surface area (Å²) in [5.74, 6) is 0.629. The SMILES string of the molecule is CCOC(=O)N[C@H]1CC[C@H]2[C@@H](C1)C[C@H]1C(=O)O[C@@H](C)[C@@H]1[C@H]2/C=C/c1ccc(-c2cccc(F)c2)cn1. The Morgan fingerprint density at radius 3 is 2.83 bits per heavy atom. The number of hydrogen-bond acceptors (Lipinski definition) is 5. The summed E-state index contributed by atoms with van der Waals surface area (Å²) in [6, 6.07) is 10.4. The molecule has 0 unspecified atom stereocenters. The molecular weight excluding hydrogens is 459 g/mol. The lowest BCUT2D eigenvalue weighted by Gasteiger charge is -2.47. The maximum absolute atomic E-state index is 13.6. The first-order valence-corrected chi connectivity index (χ1v) is 13.0. The summed E-state index contributed by atoms with van der Waals surface area (Å²) in [6.07, 6.45) is 9.07. The van der Waals surface area contributed by atoms with Crippen LogP contribution in [0.25, 0.3) is 17.2 Å². The Hall–Kier alpha value is -3.22. The third-order valence-corrected chi connectivity index (χ3v) is 8.18. The van der Waals surface area contributed by atoms with E-state index >= 15 is 0 Å². The number of benzene rings is 1. The first-order valence-electron chi connectivity index (χ1n) is 13.0. The van der Waals surface area contributed by atoms with Gasteiger partial charge in [0.1, 0.15) is 11.9 Å². The second kappa shape index (κ2) is 10.4. The van der Waals surface area contributed by atoms with Crippen LogP contribution < -0.4 is 5.32 Å². The standard InChI is InChI=1S/C29H33FN2O4/c1-3-35-29(34)32-23-10-11-24-20(14-23)15-26-27(17(2)36-28(26)33)25(24)12-9-22-8-7-19(16-31-22)18-5-4-6-21(30)13-18/h4-9,12-13,16-17,20,23-27H,3,10-11,14-15H2,1-2H3,(H,32,34)/b12-9+/t17-,20-,23-,24-,25-,26+,27+/m0/s1. The zero-order valence-corrected chi connectivity index (χ0v) is 20.7. The summed E-state index contributed by atoms with van der Waals surface area (Å²) in [4.78, 5) is 29.2. The summed E-state index contributed by atoms with van der Waals surface area (Å²) < 4.78 is 24.3. The summed E-state index contributed by atoms with van der Waals surface area (Å²) in [7, 11) is 0. The molecule has 2 aliphatic carbocycles. The van der Waals surface area contributed by atoms with Crippen LogP contribution in [0.4, 0.5) is 9.18 Å². The Bertz CT molecular complexity index is 1130. The molecule has 1 N–H and O–H groups in total. The average molecular weight is 493 g/mol. The molecule has 1 saturated heterocycles. The molecule has 2 aromatic rings. The predicted octanol–water partition coefficient (Wildman–Crippen LogP) is 5.63. The van der Waals surface area contributed by atoms with Crippen LogP contribution in [0, 0.1) is 35.4 Å². The maximum atomic E-state index is 13.6. The lowest BCUT2D eigenvalue weighted by Crippen LogP contribution is -2.48. The van der Waals surface area contributed by atoms with Crippen LogP contribution in [0.15, 0.2) is 48.7 Å². The first-order chi connectivity index (χ1) is 17.4. The molecule has 1 aromatic heterocycles. The number of alkyl carbamates (subject to hydrolysis) is 1. The van der Waals surface area contributed by atoms with Gasteiger partial charge in [0.15, 0.2) is 0 Å². The minimum Gasteiger partial charge on any atom is -0.462 e. The molecule has 7 atom stereocenters. The van der Waals surface area contributed by atoms with E-state index in [1.165, 1.54) is 12.1 Å². The van der Waals surface area contributed by atoms with Crippen molar-refractivity contribution in [1.29, 1.82) is 0 Å². The number of nitrogens with zero attached hydrogens (tertiary/aromatic N) is 1. The Balaban J connectivity index is 1.34. The lowest BCUT2D eigenvalue weighted by atomic mass is 9.57. The van der Waals surface area contributed by atoms with Crippen LogP contribution in [0.2, 0.25) is 0 Å². The summed E-state index contributed by atoms with van der Waals surface area (Å²) >= 11 is 0. The molecule has 0 bridgehead atoms. The summed E-state index contributed by atoms with van der Waals surface area (Å²) in [5, 5.41) is 3.00. The van der Waals surface area contributed by atoms with Gasteiger partial charge in [0.05, 0.1) is 18.2 Å². The number of pyridine rings is 1. The molecule has 36 heavy (non-hydrogen) atoms. The number of halogens is 1. The average Bonchev–Trinajstić information content (AvgIpc) is 3.15. The van der Waals surface area contributed by atoms with Gasteiger partial charge in [-0.05, 0) is 87.1 Å². The fourth-order valence-corrected chi connectivity index (χ4v) is 6.64. The Morgan fingerprint density at radius 2 is 2.08 bits per heavy atom. The van der Waals surface area contributed by atoms with Crippen molar-refractivity contribution in [3.8, 4) is 11.1 Å². The number of hydrogen-bond donors (Lipinski definition) is 1. The van der Waals surface area contributed by atoms with Gasteiger partial charge in [0, 0.05) is 23.7 Å². The van der Waals surface area contributed by atoms with Gasteiger partial charge in [-0.15, -0.1) is 0 Å². The normalized spacial score (nSPS) is 31.4. The van der Waals surface area contributed by atoms with Crippen LogP contribution in [0.1, 0.15) is 45.2 Å². The largest absolute Gasteiger partial charge is 0.462 e. The fourth-order valence-electron chi connectivity index (χ4n) is 6.64. The number of cyclic esters (lactones) is 1. The molecule has 2 heterocycles. The van der Waals surface area contributed by atoms with Crippen molar-refractivity contribution in [1.82, 2.24) is 10.3 Å². The number of rotatable bonds is 5. The number of ether oxygens (including phenoxy) is 2. The van der Waals surface area contributed by atoms with Gasteiger partial charge >= 0.3 is 12.1 Å². The fraction of sp³-hybridized carbons (Fsp3) is 0.483. The van der Waals surface area contributed by atoms with Gasteiger partial charge in [-0.2, -0.15) is 0 Å². The van der Waals surface area contributed by atoms with E-state index < -0.39 is 0 Å². The van der Waals surface area contributed by atoms with Gasteiger partial charge in [0.25, 0.3) is 0 Å². The van der Waals surface area contributed by atoms with Gasteiger partial charge in [-0.25, -0.2) is 9.18 Å². The molecular formula is C29H33FN2O4. The van der Waals surface area contributed by atoms with Gasteiger partial charge in [-0.3, -0.25) is 9.78 Å². The molecule has 1 aromatic carbocycles. The predicted molar refractivity (Wildman–Crippen MR) is 134 cm³/mol. The molecule has 5 rings (SSSR count). The van der Waals surface area contributed by atoms with Crippen molar-refractivity contribution in [3.63, 3.8) is 0 Å². The molecule has 7 heteroatoms. The molecule has 1 aliphatic heterocycles. The second-order valence-corrected chi connectivity index (χ2v) is 10.3. The maximum Gasteiger partial charge on any atom is 0.407 e. The number of allylic oxidation sites excluding steroid dienone is 1. The smallest absolute Gasteiger partial charge is 0.407 e. The van der Waals surface area contributed by atoms with Crippen LogP contribution >= 0.6 is 0 Å². The highest BCUT2D eigenvalue weighted by Gasteiger charge is 2.54. The van der Waals surface area contributed by atoms with Crippen LogP contribution in [0.3, 0.4) is 0 Å². The number of aromatic nitrogens is 1. The highest BCUT2D eigenvalue weighted by atomic mass is 19.1. The molecule has 2 saturated carbocycles. The Morgan fingerprint density at radius 1 is 1.22 bits per heavy atom. The first kappa shape index (κ1) is 24.5. The number of carbonyl (C=O) groups is 2. The topological polar surface area (TPSA) is 77.5 Å². The number of fused-ring (bicyclic) bond motifs is 2. The Kier molecular flexibility index (Phi) is 7.08. The van der Waals surface area contributed by atoms with Gasteiger partial charge in [-0.1, -0.05) is 24.3 Å². The molecule has 6 nitrogen and oxygen atoms in total. The van der Waals surface area contributed by atoms with Crippen LogP contribution in [0.5, 0.6) is 0 Å². The highest BCUT2D eigenvalue weighted by molar-refractivity contribution is 5.75.